The number of amides is 2. The van der Waals surface area contributed by atoms with Gasteiger partial charge in [-0.15, -0.1) is 0 Å². The molecule has 0 spiro atoms. The van der Waals surface area contributed by atoms with E-state index in [4.69, 9.17) is 11.5 Å². The minimum Gasteiger partial charge on any atom is -0.366 e. The molecule has 2 rings (SSSR count). The third kappa shape index (κ3) is 3.93. The van der Waals surface area contributed by atoms with E-state index in [9.17, 15) is 9.59 Å². The number of rotatable bonds is 5. The van der Waals surface area contributed by atoms with Gasteiger partial charge < -0.3 is 11.5 Å². The molecular formula is C18H16N2O2. The first-order chi connectivity index (χ1) is 10.6. The van der Waals surface area contributed by atoms with Gasteiger partial charge in [0.05, 0.1) is 0 Å². The molecule has 4 nitrogen and oxygen atoms in total. The third-order valence-corrected chi connectivity index (χ3v) is 3.07. The Morgan fingerprint density at radius 2 is 1.41 bits per heavy atom. The Labute approximate surface area is 128 Å². The molecule has 22 heavy (non-hydrogen) atoms. The number of benzene rings is 2. The topological polar surface area (TPSA) is 86.2 Å². The Kier molecular flexibility index (Phi) is 4.88. The first-order valence-electron chi connectivity index (χ1n) is 6.71. The molecule has 0 saturated heterocycles. The molecular weight excluding hydrogens is 276 g/mol. The van der Waals surface area contributed by atoms with E-state index in [0.29, 0.717) is 0 Å². The van der Waals surface area contributed by atoms with E-state index in [1.165, 1.54) is 12.2 Å². The predicted octanol–water partition coefficient (Wildman–Crippen LogP) is 2.35. The van der Waals surface area contributed by atoms with Crippen LogP contribution in [0.15, 0.2) is 60.7 Å². The Morgan fingerprint density at radius 3 is 2.05 bits per heavy atom. The summed E-state index contributed by atoms with van der Waals surface area (Å²) in [6.07, 6.45) is 5.84. The maximum absolute atomic E-state index is 11.0. The van der Waals surface area contributed by atoms with Crippen molar-refractivity contribution in [2.24, 2.45) is 11.5 Å². The predicted molar refractivity (Wildman–Crippen MR) is 88.3 cm³/mol. The second-order valence-corrected chi connectivity index (χ2v) is 4.65. The maximum atomic E-state index is 11.0. The summed E-state index contributed by atoms with van der Waals surface area (Å²) in [5.41, 5.74) is 13.8. The molecule has 4 heteroatoms. The van der Waals surface area contributed by atoms with Crippen molar-refractivity contribution in [2.45, 2.75) is 0 Å². The second kappa shape index (κ2) is 7.04. The van der Waals surface area contributed by atoms with Crippen LogP contribution in [0.1, 0.15) is 11.1 Å². The summed E-state index contributed by atoms with van der Waals surface area (Å²) in [6.45, 7) is 0. The fraction of sp³-hybridized carbons (Fsp3) is 0. The minimum atomic E-state index is -0.535. The van der Waals surface area contributed by atoms with Crippen LogP contribution in [0.5, 0.6) is 0 Å². The summed E-state index contributed by atoms with van der Waals surface area (Å²) in [7, 11) is 0. The van der Waals surface area contributed by atoms with Gasteiger partial charge >= 0.3 is 0 Å². The van der Waals surface area contributed by atoms with Crippen LogP contribution in [0.25, 0.3) is 23.3 Å². The van der Waals surface area contributed by atoms with Crippen molar-refractivity contribution < 1.29 is 9.59 Å². The molecule has 0 atom stereocenters. The molecule has 0 bridgehead atoms. The van der Waals surface area contributed by atoms with Gasteiger partial charge in [-0.1, -0.05) is 48.5 Å². The summed E-state index contributed by atoms with van der Waals surface area (Å²) < 4.78 is 0. The van der Waals surface area contributed by atoms with E-state index in [2.05, 4.69) is 0 Å². The molecule has 0 aliphatic rings. The van der Waals surface area contributed by atoms with Crippen LogP contribution in [0.4, 0.5) is 0 Å². The first-order valence-corrected chi connectivity index (χ1v) is 6.71. The number of primary amides is 2. The second-order valence-electron chi connectivity index (χ2n) is 4.65. The van der Waals surface area contributed by atoms with Gasteiger partial charge in [0, 0.05) is 12.2 Å². The molecule has 0 aliphatic heterocycles. The van der Waals surface area contributed by atoms with Gasteiger partial charge in [0.1, 0.15) is 0 Å². The largest absolute Gasteiger partial charge is 0.366 e. The summed E-state index contributed by atoms with van der Waals surface area (Å²) in [5, 5.41) is 0. The highest BCUT2D eigenvalue weighted by atomic mass is 16.1. The maximum Gasteiger partial charge on any atom is 0.241 e. The smallest absolute Gasteiger partial charge is 0.241 e. The van der Waals surface area contributed by atoms with Crippen molar-refractivity contribution in [3.8, 4) is 11.1 Å². The molecule has 2 aromatic carbocycles. The van der Waals surface area contributed by atoms with Crippen molar-refractivity contribution in [2.75, 3.05) is 0 Å². The minimum absolute atomic E-state index is 0.532. The van der Waals surface area contributed by atoms with E-state index < -0.39 is 11.8 Å². The van der Waals surface area contributed by atoms with Crippen LogP contribution < -0.4 is 11.5 Å². The van der Waals surface area contributed by atoms with Crippen LogP contribution in [-0.2, 0) is 9.59 Å². The van der Waals surface area contributed by atoms with Crippen molar-refractivity contribution in [1.29, 1.82) is 0 Å². The quantitative estimate of drug-likeness (QED) is 0.829. The van der Waals surface area contributed by atoms with Crippen LogP contribution in [0.2, 0.25) is 0 Å². The van der Waals surface area contributed by atoms with E-state index in [1.807, 2.05) is 48.5 Å². The zero-order chi connectivity index (χ0) is 15.9. The van der Waals surface area contributed by atoms with Gasteiger partial charge in [-0.25, -0.2) is 0 Å². The summed E-state index contributed by atoms with van der Waals surface area (Å²) in [4.78, 5) is 22.0. The van der Waals surface area contributed by atoms with Gasteiger partial charge in [0.2, 0.25) is 11.8 Å². The summed E-state index contributed by atoms with van der Waals surface area (Å²) in [6, 6.07) is 15.4. The van der Waals surface area contributed by atoms with Gasteiger partial charge in [0.25, 0.3) is 0 Å². The highest BCUT2D eigenvalue weighted by Crippen LogP contribution is 2.28. The molecule has 110 valence electrons. The number of carbonyl (C=O) groups is 2. The van der Waals surface area contributed by atoms with Crippen LogP contribution in [0.3, 0.4) is 0 Å². The highest BCUT2D eigenvalue weighted by molar-refractivity contribution is 5.95. The molecule has 0 aromatic heterocycles. The highest BCUT2D eigenvalue weighted by Gasteiger charge is 2.06. The lowest BCUT2D eigenvalue weighted by molar-refractivity contribution is -0.114. The molecule has 0 radical (unpaired) electrons. The van der Waals surface area contributed by atoms with Crippen molar-refractivity contribution >= 4 is 24.0 Å². The Morgan fingerprint density at radius 1 is 0.773 bits per heavy atom. The normalized spacial score (nSPS) is 11.1. The Hall–Kier alpha value is -3.14. The zero-order valence-corrected chi connectivity index (χ0v) is 11.9. The van der Waals surface area contributed by atoms with E-state index in [-0.39, 0.29) is 0 Å². The van der Waals surface area contributed by atoms with Gasteiger partial charge in [-0.3, -0.25) is 9.59 Å². The Bertz CT molecular complexity index is 747. The molecule has 2 aromatic rings. The lowest BCUT2D eigenvalue weighted by Gasteiger charge is -2.10. The standard InChI is InChI=1S/C18H16N2O2/c19-17(21)11-9-14-7-4-8-15(13-5-2-1-3-6-13)16(14)10-12-18(20)22/h1-12H,(H2,19,21)(H2,20,22). The molecule has 0 aliphatic carbocycles. The first kappa shape index (κ1) is 15.3. The molecule has 4 N–H and O–H groups in total. The molecule has 0 unspecified atom stereocenters. The SMILES string of the molecule is NC(=O)C=Cc1cccc(-c2ccccc2)c1C=CC(N)=O. The van der Waals surface area contributed by atoms with E-state index in [0.717, 1.165) is 22.3 Å². The molecule has 0 fully saturated rings. The fourth-order valence-electron chi connectivity index (χ4n) is 2.12. The average Bonchev–Trinajstić information content (AvgIpc) is 2.51. The van der Waals surface area contributed by atoms with Gasteiger partial charge in [-0.2, -0.15) is 0 Å². The average molecular weight is 292 g/mol. The number of carbonyl (C=O) groups excluding carboxylic acids is 2. The van der Waals surface area contributed by atoms with Gasteiger partial charge in [0.15, 0.2) is 0 Å². The summed E-state index contributed by atoms with van der Waals surface area (Å²) in [5.74, 6) is -1.07. The monoisotopic (exact) mass is 292 g/mol. The molecule has 0 saturated carbocycles. The number of nitrogens with two attached hydrogens (primary N) is 2. The third-order valence-electron chi connectivity index (χ3n) is 3.07. The lowest BCUT2D eigenvalue weighted by atomic mass is 9.94. The Balaban J connectivity index is 2.60. The van der Waals surface area contributed by atoms with E-state index >= 15 is 0 Å². The van der Waals surface area contributed by atoms with Crippen molar-refractivity contribution in [3.05, 3.63) is 71.8 Å². The van der Waals surface area contributed by atoms with Crippen LogP contribution in [0, 0.1) is 0 Å². The fourth-order valence-corrected chi connectivity index (χ4v) is 2.12. The lowest BCUT2D eigenvalue weighted by Crippen LogP contribution is -2.06. The number of hydrogen-bond donors (Lipinski definition) is 2. The van der Waals surface area contributed by atoms with Crippen molar-refractivity contribution in [3.63, 3.8) is 0 Å². The van der Waals surface area contributed by atoms with E-state index in [1.54, 1.807) is 12.2 Å². The van der Waals surface area contributed by atoms with Gasteiger partial charge in [-0.05, 0) is 34.4 Å². The molecule has 0 heterocycles. The van der Waals surface area contributed by atoms with Crippen LogP contribution in [-0.4, -0.2) is 11.8 Å². The number of hydrogen-bond acceptors (Lipinski definition) is 2. The zero-order valence-electron chi connectivity index (χ0n) is 11.9. The van der Waals surface area contributed by atoms with Crippen LogP contribution >= 0.6 is 0 Å². The summed E-state index contributed by atoms with van der Waals surface area (Å²) >= 11 is 0. The molecule has 2 amide bonds. The van der Waals surface area contributed by atoms with Crippen molar-refractivity contribution in [1.82, 2.24) is 0 Å².